The van der Waals surface area contributed by atoms with Crippen LogP contribution in [-0.4, -0.2) is 28.3 Å². The predicted octanol–water partition coefficient (Wildman–Crippen LogP) is 1.94. The molecule has 0 spiro atoms. The number of hydrogen-bond donors (Lipinski definition) is 1. The second kappa shape index (κ2) is 5.01. The maximum absolute atomic E-state index is 11.3. The molecule has 6 unspecified atom stereocenters. The van der Waals surface area contributed by atoms with Crippen molar-refractivity contribution in [2.75, 3.05) is 12.8 Å². The van der Waals surface area contributed by atoms with Gasteiger partial charge in [-0.2, -0.15) is 0 Å². The fourth-order valence-corrected chi connectivity index (χ4v) is 3.35. The lowest BCUT2D eigenvalue weighted by molar-refractivity contribution is 0.329. The van der Waals surface area contributed by atoms with Gasteiger partial charge in [-0.25, -0.2) is 0 Å². The Morgan fingerprint density at radius 1 is 1.38 bits per heavy atom. The van der Waals surface area contributed by atoms with Crippen LogP contribution in [0.15, 0.2) is 12.2 Å². The van der Waals surface area contributed by atoms with Crippen molar-refractivity contribution in [2.45, 2.75) is 38.0 Å². The Kier molecular flexibility index (Phi) is 3.85. The summed E-state index contributed by atoms with van der Waals surface area (Å²) in [7, 11) is -0.706. The minimum Gasteiger partial charge on any atom is -0.313 e. The topological polar surface area (TPSA) is 29.1 Å². The van der Waals surface area contributed by atoms with E-state index >= 15 is 0 Å². The summed E-state index contributed by atoms with van der Waals surface area (Å²) in [6.45, 7) is 5.21. The minimum absolute atomic E-state index is 0.261. The third kappa shape index (κ3) is 2.57. The zero-order valence-corrected chi connectivity index (χ0v) is 11.3. The summed E-state index contributed by atoms with van der Waals surface area (Å²) in [4.78, 5) is 0. The van der Waals surface area contributed by atoms with Crippen molar-refractivity contribution < 1.29 is 4.21 Å². The van der Waals surface area contributed by atoms with Crippen LogP contribution in [0.5, 0.6) is 0 Å². The lowest BCUT2D eigenvalue weighted by Crippen LogP contribution is -2.40. The summed E-state index contributed by atoms with van der Waals surface area (Å²) in [6, 6.07) is 0.561. The molecule has 0 aliphatic heterocycles. The molecule has 2 bridgehead atoms. The first-order valence-corrected chi connectivity index (χ1v) is 7.94. The Labute approximate surface area is 101 Å². The number of fused-ring (bicyclic) bond motifs is 2. The van der Waals surface area contributed by atoms with Gasteiger partial charge in [-0.05, 0) is 44.4 Å². The average Bonchev–Trinajstić information content (AvgIpc) is 2.86. The van der Waals surface area contributed by atoms with Gasteiger partial charge in [-0.3, -0.25) is 4.21 Å². The van der Waals surface area contributed by atoms with Crippen LogP contribution in [-0.2, 0) is 10.8 Å². The molecule has 0 amide bonds. The predicted molar refractivity (Wildman–Crippen MR) is 69.8 cm³/mol. The molecular weight excluding hydrogens is 218 g/mol. The number of allylic oxidation sites excluding steroid dienone is 2. The Morgan fingerprint density at radius 2 is 2.12 bits per heavy atom. The van der Waals surface area contributed by atoms with Crippen molar-refractivity contribution in [2.24, 2.45) is 17.8 Å². The highest BCUT2D eigenvalue weighted by molar-refractivity contribution is 7.84. The molecule has 1 saturated carbocycles. The fourth-order valence-electron chi connectivity index (χ4n) is 3.02. The minimum atomic E-state index is -0.706. The Morgan fingerprint density at radius 3 is 2.62 bits per heavy atom. The van der Waals surface area contributed by atoms with Crippen molar-refractivity contribution in [1.29, 1.82) is 0 Å². The van der Waals surface area contributed by atoms with E-state index in [1.165, 1.54) is 12.8 Å². The normalized spacial score (nSPS) is 37.6. The maximum Gasteiger partial charge on any atom is 0.0441 e. The van der Waals surface area contributed by atoms with E-state index < -0.39 is 10.8 Å². The van der Waals surface area contributed by atoms with Crippen LogP contribution < -0.4 is 5.32 Å². The van der Waals surface area contributed by atoms with Crippen LogP contribution in [0, 0.1) is 17.8 Å². The van der Waals surface area contributed by atoms with E-state index in [1.54, 1.807) is 6.26 Å². The smallest absolute Gasteiger partial charge is 0.0441 e. The van der Waals surface area contributed by atoms with Crippen molar-refractivity contribution in [3.05, 3.63) is 12.2 Å². The molecule has 0 aromatic rings. The highest BCUT2D eigenvalue weighted by Gasteiger charge is 2.38. The molecule has 0 saturated heterocycles. The molecule has 2 rings (SSSR count). The number of nitrogens with one attached hydrogen (secondary N) is 1. The Bertz CT molecular complexity index is 302. The zero-order chi connectivity index (χ0) is 11.7. The number of rotatable bonds is 5. The summed E-state index contributed by atoms with van der Waals surface area (Å²) in [5, 5.41) is 3.82. The Hall–Kier alpha value is -0.150. The van der Waals surface area contributed by atoms with E-state index in [0.29, 0.717) is 6.04 Å². The molecule has 92 valence electrons. The third-order valence-electron chi connectivity index (χ3n) is 4.27. The van der Waals surface area contributed by atoms with Gasteiger partial charge in [-0.1, -0.05) is 12.2 Å². The van der Waals surface area contributed by atoms with E-state index in [2.05, 4.69) is 31.3 Å². The van der Waals surface area contributed by atoms with Crippen molar-refractivity contribution in [3.8, 4) is 0 Å². The van der Waals surface area contributed by atoms with Crippen molar-refractivity contribution in [1.82, 2.24) is 5.32 Å². The van der Waals surface area contributed by atoms with Crippen LogP contribution in [0.3, 0.4) is 0 Å². The van der Waals surface area contributed by atoms with E-state index in [9.17, 15) is 4.21 Å². The molecule has 3 heteroatoms. The van der Waals surface area contributed by atoms with Crippen LogP contribution in [0.2, 0.25) is 0 Å². The molecule has 2 aliphatic carbocycles. The van der Waals surface area contributed by atoms with Gasteiger partial charge in [0.1, 0.15) is 0 Å². The highest BCUT2D eigenvalue weighted by atomic mass is 32.2. The van der Waals surface area contributed by atoms with Crippen molar-refractivity contribution in [3.63, 3.8) is 0 Å². The standard InChI is InChI=1S/C13H23NOS/c1-9(16(3)15)8-14-10(2)13-7-11-4-5-12(13)6-11/h4-5,9-14H,6-8H2,1-3H3. The van der Waals surface area contributed by atoms with Gasteiger partial charge in [0.2, 0.25) is 0 Å². The van der Waals surface area contributed by atoms with E-state index in [4.69, 9.17) is 0 Å². The molecule has 0 aromatic carbocycles. The molecule has 1 fully saturated rings. The first-order chi connectivity index (χ1) is 7.58. The van der Waals surface area contributed by atoms with Gasteiger partial charge in [0.05, 0.1) is 0 Å². The highest BCUT2D eigenvalue weighted by Crippen LogP contribution is 2.44. The molecule has 2 nitrogen and oxygen atoms in total. The third-order valence-corrected chi connectivity index (χ3v) is 5.57. The number of hydrogen-bond acceptors (Lipinski definition) is 2. The second-order valence-corrected chi connectivity index (χ2v) is 7.25. The lowest BCUT2D eigenvalue weighted by Gasteiger charge is -2.27. The molecule has 16 heavy (non-hydrogen) atoms. The van der Waals surface area contributed by atoms with Crippen LogP contribution in [0.25, 0.3) is 0 Å². The van der Waals surface area contributed by atoms with Gasteiger partial charge >= 0.3 is 0 Å². The van der Waals surface area contributed by atoms with Crippen molar-refractivity contribution >= 4 is 10.8 Å². The maximum atomic E-state index is 11.3. The van der Waals surface area contributed by atoms with Gasteiger partial charge in [-0.15, -0.1) is 0 Å². The molecule has 0 aromatic heterocycles. The fraction of sp³-hybridized carbons (Fsp3) is 0.846. The average molecular weight is 241 g/mol. The van der Waals surface area contributed by atoms with E-state index in [0.717, 1.165) is 24.3 Å². The second-order valence-electron chi connectivity index (χ2n) is 5.45. The van der Waals surface area contributed by atoms with Gasteiger partial charge in [0, 0.05) is 34.9 Å². The first-order valence-electron chi connectivity index (χ1n) is 6.32. The lowest BCUT2D eigenvalue weighted by atomic mass is 9.87. The molecule has 1 N–H and O–H groups in total. The van der Waals surface area contributed by atoms with Gasteiger partial charge in [0.25, 0.3) is 0 Å². The van der Waals surface area contributed by atoms with Crippen LogP contribution in [0.1, 0.15) is 26.7 Å². The first kappa shape index (κ1) is 12.3. The molecule has 2 aliphatic rings. The van der Waals surface area contributed by atoms with E-state index in [-0.39, 0.29) is 5.25 Å². The summed E-state index contributed by atoms with van der Waals surface area (Å²) in [5.74, 6) is 2.44. The summed E-state index contributed by atoms with van der Waals surface area (Å²) < 4.78 is 11.3. The van der Waals surface area contributed by atoms with E-state index in [1.807, 2.05) is 0 Å². The van der Waals surface area contributed by atoms with Crippen LogP contribution in [0.4, 0.5) is 0 Å². The molecular formula is C13H23NOS. The molecule has 6 atom stereocenters. The SMILES string of the molecule is CC(NCC(C)S(C)=O)C1CC2C=CC1C2. The zero-order valence-electron chi connectivity index (χ0n) is 10.5. The largest absolute Gasteiger partial charge is 0.313 e. The summed E-state index contributed by atoms with van der Waals surface area (Å²) in [6.07, 6.45) is 9.29. The Balaban J connectivity index is 1.78. The molecule has 0 heterocycles. The van der Waals surface area contributed by atoms with Crippen LogP contribution >= 0.6 is 0 Å². The quantitative estimate of drug-likeness (QED) is 0.745. The molecule has 0 radical (unpaired) electrons. The van der Waals surface area contributed by atoms with Gasteiger partial charge < -0.3 is 5.32 Å². The summed E-state index contributed by atoms with van der Waals surface area (Å²) in [5.41, 5.74) is 0. The van der Waals surface area contributed by atoms with Gasteiger partial charge in [0.15, 0.2) is 0 Å². The monoisotopic (exact) mass is 241 g/mol. The summed E-state index contributed by atoms with van der Waals surface area (Å²) >= 11 is 0.